The van der Waals surface area contributed by atoms with Crippen LogP contribution in [-0.4, -0.2) is 36.7 Å². The van der Waals surface area contributed by atoms with E-state index >= 15 is 0 Å². The quantitative estimate of drug-likeness (QED) is 0.898. The zero-order valence-corrected chi connectivity index (χ0v) is 13.0. The van der Waals surface area contributed by atoms with Crippen LogP contribution < -0.4 is 5.73 Å². The van der Waals surface area contributed by atoms with E-state index in [1.165, 1.54) is 11.1 Å². The van der Waals surface area contributed by atoms with E-state index in [4.69, 9.17) is 10.5 Å². The number of aryl methyl sites for hydroxylation is 1. The molecule has 0 radical (unpaired) electrons. The summed E-state index contributed by atoms with van der Waals surface area (Å²) in [6.45, 7) is 9.33. The van der Waals surface area contributed by atoms with Gasteiger partial charge in [-0.15, -0.1) is 0 Å². The summed E-state index contributed by atoms with van der Waals surface area (Å²) >= 11 is 0. The Hall–Kier alpha value is -0.900. The third-order valence-electron chi connectivity index (χ3n) is 4.40. The minimum Gasteiger partial charge on any atom is -0.376 e. The van der Waals surface area contributed by atoms with Crippen molar-refractivity contribution in [3.8, 4) is 0 Å². The van der Waals surface area contributed by atoms with Gasteiger partial charge in [-0.05, 0) is 30.9 Å². The molecule has 3 nitrogen and oxygen atoms in total. The van der Waals surface area contributed by atoms with Crippen molar-refractivity contribution in [3.05, 3.63) is 35.4 Å². The van der Waals surface area contributed by atoms with Gasteiger partial charge in [0.05, 0.1) is 18.8 Å². The second kappa shape index (κ2) is 7.21. The minimum absolute atomic E-state index is 0.173. The van der Waals surface area contributed by atoms with Gasteiger partial charge in [-0.1, -0.05) is 38.1 Å². The van der Waals surface area contributed by atoms with Gasteiger partial charge in [-0.3, -0.25) is 4.90 Å². The van der Waals surface area contributed by atoms with Gasteiger partial charge in [0.25, 0.3) is 0 Å². The van der Waals surface area contributed by atoms with Gasteiger partial charge in [0, 0.05) is 19.1 Å². The number of hydrogen-bond donors (Lipinski definition) is 1. The second-order valence-corrected chi connectivity index (χ2v) is 5.77. The maximum absolute atomic E-state index is 6.45. The molecule has 1 fully saturated rings. The summed E-state index contributed by atoms with van der Waals surface area (Å²) in [6.07, 6.45) is 2.41. The van der Waals surface area contributed by atoms with Gasteiger partial charge in [0.2, 0.25) is 0 Å². The molecule has 1 saturated heterocycles. The molecule has 0 aliphatic carbocycles. The second-order valence-electron chi connectivity index (χ2n) is 5.77. The van der Waals surface area contributed by atoms with Crippen LogP contribution in [0.15, 0.2) is 24.3 Å². The van der Waals surface area contributed by atoms with E-state index in [0.29, 0.717) is 12.1 Å². The van der Waals surface area contributed by atoms with Crippen molar-refractivity contribution < 1.29 is 4.74 Å². The van der Waals surface area contributed by atoms with Crippen LogP contribution in [0.5, 0.6) is 0 Å². The molecule has 0 aromatic heterocycles. The molecule has 1 heterocycles. The lowest BCUT2D eigenvalue weighted by molar-refractivity contribution is -0.0487. The summed E-state index contributed by atoms with van der Waals surface area (Å²) in [6, 6.07) is 9.11. The molecule has 1 aliphatic rings. The molecule has 0 amide bonds. The molecule has 112 valence electrons. The van der Waals surface area contributed by atoms with Crippen LogP contribution in [-0.2, 0) is 4.74 Å². The number of morpholine rings is 1. The van der Waals surface area contributed by atoms with Gasteiger partial charge in [0.15, 0.2) is 0 Å². The summed E-state index contributed by atoms with van der Waals surface area (Å²) in [5, 5.41) is 0. The number of nitrogens with two attached hydrogens (primary N) is 1. The molecule has 0 spiro atoms. The largest absolute Gasteiger partial charge is 0.376 e. The number of benzene rings is 1. The van der Waals surface area contributed by atoms with Crippen LogP contribution in [0, 0.1) is 6.92 Å². The summed E-state index contributed by atoms with van der Waals surface area (Å²) in [4.78, 5) is 2.52. The van der Waals surface area contributed by atoms with Gasteiger partial charge in [-0.2, -0.15) is 0 Å². The van der Waals surface area contributed by atoms with E-state index in [2.05, 4.69) is 49.9 Å². The van der Waals surface area contributed by atoms with Crippen LogP contribution >= 0.6 is 0 Å². The Morgan fingerprint density at radius 1 is 1.35 bits per heavy atom. The van der Waals surface area contributed by atoms with Gasteiger partial charge >= 0.3 is 0 Å². The summed E-state index contributed by atoms with van der Waals surface area (Å²) in [5.74, 6) is 0. The average molecular weight is 276 g/mol. The highest BCUT2D eigenvalue weighted by molar-refractivity contribution is 5.30. The van der Waals surface area contributed by atoms with E-state index in [0.717, 1.165) is 32.5 Å². The Bertz CT molecular complexity index is 421. The Kier molecular flexibility index (Phi) is 5.58. The highest BCUT2D eigenvalue weighted by Gasteiger charge is 2.30. The van der Waals surface area contributed by atoms with E-state index in [9.17, 15) is 0 Å². The zero-order valence-electron chi connectivity index (χ0n) is 13.0. The number of hydrogen-bond acceptors (Lipinski definition) is 3. The molecular weight excluding hydrogens is 248 g/mol. The van der Waals surface area contributed by atoms with Crippen molar-refractivity contribution in [3.63, 3.8) is 0 Å². The first kappa shape index (κ1) is 15.5. The average Bonchev–Trinajstić information content (AvgIpc) is 2.49. The predicted octanol–water partition coefficient (Wildman–Crippen LogP) is 2.88. The fraction of sp³-hybridized carbons (Fsp3) is 0.647. The van der Waals surface area contributed by atoms with Crippen molar-refractivity contribution in [2.24, 2.45) is 5.73 Å². The molecule has 1 aromatic carbocycles. The van der Waals surface area contributed by atoms with Crippen LogP contribution in [0.3, 0.4) is 0 Å². The smallest absolute Gasteiger partial charge is 0.0700 e. The molecule has 0 bridgehead atoms. The monoisotopic (exact) mass is 276 g/mol. The topological polar surface area (TPSA) is 38.5 Å². The molecule has 1 aliphatic heterocycles. The van der Waals surface area contributed by atoms with Crippen LogP contribution in [0.1, 0.15) is 43.9 Å². The van der Waals surface area contributed by atoms with Gasteiger partial charge in [-0.25, -0.2) is 0 Å². The van der Waals surface area contributed by atoms with Crippen molar-refractivity contribution in [1.82, 2.24) is 4.90 Å². The molecule has 2 N–H and O–H groups in total. The van der Waals surface area contributed by atoms with Crippen molar-refractivity contribution in [2.75, 3.05) is 19.7 Å². The summed E-state index contributed by atoms with van der Waals surface area (Å²) < 4.78 is 5.80. The normalized spacial score (nSPS) is 23.5. The predicted molar refractivity (Wildman–Crippen MR) is 83.8 cm³/mol. The minimum atomic E-state index is 0.173. The number of rotatable bonds is 5. The van der Waals surface area contributed by atoms with Crippen molar-refractivity contribution >= 4 is 0 Å². The van der Waals surface area contributed by atoms with Gasteiger partial charge in [0.1, 0.15) is 0 Å². The Morgan fingerprint density at radius 2 is 2.10 bits per heavy atom. The maximum atomic E-state index is 6.45. The Balaban J connectivity index is 2.26. The first-order valence-corrected chi connectivity index (χ1v) is 7.84. The molecular formula is C17H28N2O. The first-order chi connectivity index (χ1) is 9.67. The fourth-order valence-corrected chi connectivity index (χ4v) is 3.08. The Labute approximate surface area is 123 Å². The zero-order chi connectivity index (χ0) is 14.5. The molecule has 3 heteroatoms. The summed E-state index contributed by atoms with van der Waals surface area (Å²) in [5.41, 5.74) is 9.16. The SMILES string of the molecule is CCC1CN(C(c2ccccc2C)C(N)CC)CCO1. The third kappa shape index (κ3) is 3.40. The van der Waals surface area contributed by atoms with Crippen molar-refractivity contribution in [2.45, 2.75) is 51.8 Å². The van der Waals surface area contributed by atoms with E-state index in [-0.39, 0.29) is 6.04 Å². The number of nitrogens with zero attached hydrogens (tertiary/aromatic N) is 1. The molecule has 1 aromatic rings. The molecule has 2 rings (SSSR count). The fourth-order valence-electron chi connectivity index (χ4n) is 3.08. The summed E-state index contributed by atoms with van der Waals surface area (Å²) in [7, 11) is 0. The van der Waals surface area contributed by atoms with Crippen LogP contribution in [0.25, 0.3) is 0 Å². The van der Waals surface area contributed by atoms with Crippen molar-refractivity contribution in [1.29, 1.82) is 0 Å². The third-order valence-corrected chi connectivity index (χ3v) is 4.40. The standard InChI is InChI=1S/C17H28N2O/c1-4-14-12-19(10-11-20-14)17(16(18)5-2)15-9-7-6-8-13(15)3/h6-9,14,16-17H,4-5,10-12,18H2,1-3H3. The highest BCUT2D eigenvalue weighted by Crippen LogP contribution is 2.29. The number of ether oxygens (including phenoxy) is 1. The molecule has 3 unspecified atom stereocenters. The Morgan fingerprint density at radius 3 is 2.75 bits per heavy atom. The maximum Gasteiger partial charge on any atom is 0.0700 e. The van der Waals surface area contributed by atoms with E-state index in [1.54, 1.807) is 0 Å². The highest BCUT2D eigenvalue weighted by atomic mass is 16.5. The van der Waals surface area contributed by atoms with Crippen LogP contribution in [0.4, 0.5) is 0 Å². The first-order valence-electron chi connectivity index (χ1n) is 7.84. The molecule has 20 heavy (non-hydrogen) atoms. The molecule has 0 saturated carbocycles. The van der Waals surface area contributed by atoms with Crippen LogP contribution in [0.2, 0.25) is 0 Å². The van der Waals surface area contributed by atoms with E-state index in [1.807, 2.05) is 0 Å². The lowest BCUT2D eigenvalue weighted by Gasteiger charge is -2.41. The lowest BCUT2D eigenvalue weighted by atomic mass is 9.92. The van der Waals surface area contributed by atoms with Gasteiger partial charge < -0.3 is 10.5 Å². The molecule has 3 atom stereocenters. The lowest BCUT2D eigenvalue weighted by Crippen LogP contribution is -2.49. The van der Waals surface area contributed by atoms with E-state index < -0.39 is 0 Å².